The van der Waals surface area contributed by atoms with E-state index < -0.39 is 8.80 Å². The molecule has 3 nitrogen and oxygen atoms in total. The van der Waals surface area contributed by atoms with Crippen molar-refractivity contribution < 1.29 is 9.53 Å². The second-order valence-electron chi connectivity index (χ2n) is 8.42. The Hall–Kier alpha value is -1.39. The third-order valence-corrected chi connectivity index (χ3v) is 8.69. The van der Waals surface area contributed by atoms with Crippen molar-refractivity contribution in [2.45, 2.75) is 51.6 Å². The Balaban J connectivity index is 1.68. The highest BCUT2D eigenvalue weighted by Gasteiger charge is 2.26. The predicted octanol–water partition coefficient (Wildman–Crippen LogP) is 4.19. The van der Waals surface area contributed by atoms with Crippen LogP contribution in [0.4, 0.5) is 0 Å². The maximum absolute atomic E-state index is 12.8. The Morgan fingerprint density at radius 2 is 2.00 bits per heavy atom. The summed E-state index contributed by atoms with van der Waals surface area (Å²) in [4.78, 5) is 12.8. The summed E-state index contributed by atoms with van der Waals surface area (Å²) in [6.45, 7) is 11.2. The molecular weight excluding hydrogens is 326 g/mol. The highest BCUT2D eigenvalue weighted by atomic mass is 28.3. The zero-order valence-corrected chi connectivity index (χ0v) is 16.9. The quantitative estimate of drug-likeness (QED) is 0.649. The summed E-state index contributed by atoms with van der Waals surface area (Å²) >= 11 is 0. The van der Waals surface area contributed by atoms with Crippen LogP contribution in [-0.2, 0) is 6.42 Å². The number of ether oxygens (including phenoxy) is 1. The molecule has 2 aliphatic rings. The first-order chi connectivity index (χ1) is 11.8. The van der Waals surface area contributed by atoms with Crippen molar-refractivity contribution in [3.05, 3.63) is 41.0 Å². The number of rotatable bonds is 4. The van der Waals surface area contributed by atoms with Crippen LogP contribution in [0, 0.1) is 5.92 Å². The first-order valence-electron chi connectivity index (χ1n) is 9.39. The van der Waals surface area contributed by atoms with Gasteiger partial charge in [-0.2, -0.15) is 11.6 Å². The molecule has 0 atom stereocenters. The minimum absolute atomic E-state index is 0.205. The van der Waals surface area contributed by atoms with Crippen LogP contribution in [-0.4, -0.2) is 33.9 Å². The fraction of sp³-hybridized carbons (Fsp3) is 0.571. The number of hydrogen-bond acceptors (Lipinski definition) is 3. The molecule has 25 heavy (non-hydrogen) atoms. The molecule has 1 aromatic rings. The van der Waals surface area contributed by atoms with E-state index >= 15 is 0 Å². The van der Waals surface area contributed by atoms with Crippen molar-refractivity contribution in [2.75, 3.05) is 19.3 Å². The van der Waals surface area contributed by atoms with Crippen molar-refractivity contribution >= 4 is 14.6 Å². The monoisotopic (exact) mass is 356 g/mol. The van der Waals surface area contributed by atoms with E-state index in [0.29, 0.717) is 11.0 Å². The lowest BCUT2D eigenvalue weighted by Gasteiger charge is -2.39. The van der Waals surface area contributed by atoms with Crippen LogP contribution in [0.1, 0.15) is 49.5 Å². The molecule has 1 saturated heterocycles. The van der Waals surface area contributed by atoms with Gasteiger partial charge in [-0.05, 0) is 55.8 Å². The third-order valence-electron chi connectivity index (χ3n) is 5.55. The molecule has 0 saturated carbocycles. The molecule has 0 spiro atoms. The molecule has 1 heterocycles. The number of carbonyl (C=O) groups is 1. The molecule has 1 N–H and O–H groups in total. The Morgan fingerprint density at radius 3 is 2.68 bits per heavy atom. The molecule has 136 valence electrons. The van der Waals surface area contributed by atoms with E-state index in [1.807, 2.05) is 12.1 Å². The summed E-state index contributed by atoms with van der Waals surface area (Å²) in [5, 5.41) is 3.70. The van der Waals surface area contributed by atoms with Crippen molar-refractivity contribution in [3.8, 4) is 5.75 Å². The molecule has 1 aliphatic carbocycles. The van der Waals surface area contributed by atoms with Crippen LogP contribution < -0.4 is 10.1 Å². The number of ketones is 1. The summed E-state index contributed by atoms with van der Waals surface area (Å²) in [7, 11) is -0.584. The van der Waals surface area contributed by atoms with Crippen LogP contribution in [0.25, 0.3) is 0 Å². The second kappa shape index (κ2) is 7.46. The average Bonchev–Trinajstić information content (AvgIpc) is 2.88. The Labute approximate surface area is 153 Å². The van der Waals surface area contributed by atoms with Crippen molar-refractivity contribution in [1.29, 1.82) is 0 Å². The topological polar surface area (TPSA) is 38.3 Å². The number of carbonyl (C=O) groups excluding carboxylic acids is 1. The molecule has 0 amide bonds. The molecule has 1 aromatic carbocycles. The van der Waals surface area contributed by atoms with Gasteiger partial charge in [0.05, 0.1) is 0 Å². The lowest BCUT2D eigenvalue weighted by atomic mass is 9.94. The normalized spacial score (nSPS) is 20.4. The zero-order chi connectivity index (χ0) is 18.0. The highest BCUT2D eigenvalue weighted by molar-refractivity contribution is 6.60. The molecule has 4 heteroatoms. The number of Topliss-reactive ketones (excluding diaryl/α,β-unsaturated/α-hetero) is 1. The third kappa shape index (κ3) is 4.42. The van der Waals surface area contributed by atoms with E-state index in [4.69, 9.17) is 4.74 Å². The minimum atomic E-state index is -0.584. The Kier molecular flexibility index (Phi) is 5.49. The van der Waals surface area contributed by atoms with Crippen LogP contribution in [0.3, 0.4) is 0 Å². The van der Waals surface area contributed by atoms with Gasteiger partial charge < -0.3 is 10.1 Å². The van der Waals surface area contributed by atoms with E-state index in [2.05, 4.69) is 44.8 Å². The van der Waals surface area contributed by atoms with Crippen molar-refractivity contribution in [3.63, 3.8) is 0 Å². The van der Waals surface area contributed by atoms with Crippen LogP contribution in [0.5, 0.6) is 5.75 Å². The van der Waals surface area contributed by atoms with Gasteiger partial charge in [0.1, 0.15) is 5.75 Å². The SMILES string of the molecule is C[Si-](COc1ccc2c(c1)C(=O)/C(=C/C1CCNCC1)C2)C(C)(C)C. The summed E-state index contributed by atoms with van der Waals surface area (Å²) < 4.78 is 6.02. The molecule has 3 rings (SSSR count). The Morgan fingerprint density at radius 1 is 1.28 bits per heavy atom. The first kappa shape index (κ1) is 18.4. The second-order valence-corrected chi connectivity index (χ2v) is 11.8. The lowest BCUT2D eigenvalue weighted by molar-refractivity contribution is 0.103. The number of piperidine rings is 1. The van der Waals surface area contributed by atoms with Crippen molar-refractivity contribution in [2.24, 2.45) is 5.92 Å². The van der Waals surface area contributed by atoms with Gasteiger partial charge in [-0.1, -0.05) is 32.9 Å². The van der Waals surface area contributed by atoms with E-state index in [9.17, 15) is 4.79 Å². The smallest absolute Gasteiger partial charge is 0.189 e. The maximum atomic E-state index is 12.8. The molecule has 0 bridgehead atoms. The van der Waals surface area contributed by atoms with Gasteiger partial charge in [-0.3, -0.25) is 4.79 Å². The van der Waals surface area contributed by atoms with Crippen LogP contribution in [0.2, 0.25) is 11.6 Å². The number of hydrogen-bond donors (Lipinski definition) is 1. The molecule has 0 radical (unpaired) electrons. The van der Waals surface area contributed by atoms with Crippen molar-refractivity contribution in [1.82, 2.24) is 5.32 Å². The maximum Gasteiger partial charge on any atom is 0.189 e. The summed E-state index contributed by atoms with van der Waals surface area (Å²) in [6.07, 6.45) is 6.06. The summed E-state index contributed by atoms with van der Waals surface area (Å²) in [6, 6.07) is 6.06. The number of fused-ring (bicyclic) bond motifs is 1. The van der Waals surface area contributed by atoms with Gasteiger partial charge in [0.25, 0.3) is 0 Å². The van der Waals surface area contributed by atoms with Gasteiger partial charge in [-0.15, -0.1) is 0 Å². The number of nitrogens with one attached hydrogen (secondary N) is 1. The first-order valence-corrected chi connectivity index (χ1v) is 11.6. The molecule has 1 aliphatic heterocycles. The highest BCUT2D eigenvalue weighted by Crippen LogP contribution is 2.32. The predicted molar refractivity (Wildman–Crippen MR) is 105 cm³/mol. The average molecular weight is 357 g/mol. The lowest BCUT2D eigenvalue weighted by Crippen LogP contribution is -2.29. The fourth-order valence-corrected chi connectivity index (χ4v) is 4.12. The standard InChI is InChI=1S/C21H30NO2Si/c1-21(2,3)25(4)14-24-18-6-5-16-12-17(20(23)19(16)13-18)11-15-7-9-22-10-8-15/h5-6,11,13,15,22H,7-10,12,14H2,1-4H3/q-1/b17-11+. The fourth-order valence-electron chi connectivity index (χ4n) is 3.31. The molecular formula is C21H30NO2Si-. The van der Waals surface area contributed by atoms with Gasteiger partial charge >= 0.3 is 0 Å². The molecule has 0 unspecified atom stereocenters. The summed E-state index contributed by atoms with van der Waals surface area (Å²) in [5.41, 5.74) is 2.97. The molecule has 1 fully saturated rings. The van der Waals surface area contributed by atoms with E-state index in [0.717, 1.165) is 61.0 Å². The largest absolute Gasteiger partial charge is 0.529 e. The van der Waals surface area contributed by atoms with Crippen LogP contribution >= 0.6 is 0 Å². The van der Waals surface area contributed by atoms with Gasteiger partial charge in [0.15, 0.2) is 5.78 Å². The van der Waals surface area contributed by atoms with Crippen LogP contribution in [0.15, 0.2) is 29.8 Å². The zero-order valence-electron chi connectivity index (χ0n) is 15.9. The van der Waals surface area contributed by atoms with Gasteiger partial charge in [-0.25, -0.2) is 8.80 Å². The van der Waals surface area contributed by atoms with Gasteiger partial charge in [0, 0.05) is 17.6 Å². The number of allylic oxidation sites excluding steroid dienone is 2. The van der Waals surface area contributed by atoms with E-state index in [1.165, 1.54) is 0 Å². The van der Waals surface area contributed by atoms with Gasteiger partial charge in [0.2, 0.25) is 0 Å². The molecule has 0 aromatic heterocycles. The van der Waals surface area contributed by atoms with E-state index in [-0.39, 0.29) is 5.78 Å². The summed E-state index contributed by atoms with van der Waals surface area (Å²) in [5.74, 6) is 1.59. The van der Waals surface area contributed by atoms with E-state index in [1.54, 1.807) is 0 Å². The minimum Gasteiger partial charge on any atom is -0.529 e. The number of benzene rings is 1. The Bertz CT molecular complexity index is 669.